The predicted molar refractivity (Wildman–Crippen MR) is 121 cm³/mol. The zero-order chi connectivity index (χ0) is 21.7. The largest absolute Gasteiger partial charge is 0.462 e. The third kappa shape index (κ3) is 5.51. The van der Waals surface area contributed by atoms with Crippen LogP contribution in [0.15, 0.2) is 24.3 Å². The number of carbonyl (C=O) groups excluding carboxylic acids is 2. The van der Waals surface area contributed by atoms with Gasteiger partial charge in [-0.1, -0.05) is 51.2 Å². The van der Waals surface area contributed by atoms with Crippen molar-refractivity contribution in [3.8, 4) is 0 Å². The van der Waals surface area contributed by atoms with E-state index in [2.05, 4.69) is 6.92 Å². The van der Waals surface area contributed by atoms with Gasteiger partial charge in [0.15, 0.2) is 0 Å². The summed E-state index contributed by atoms with van der Waals surface area (Å²) < 4.78 is 11.3. The Morgan fingerprint density at radius 1 is 0.806 bits per heavy atom. The van der Waals surface area contributed by atoms with Crippen molar-refractivity contribution in [2.75, 3.05) is 13.2 Å². The second-order valence-corrected chi connectivity index (χ2v) is 10.4. The lowest BCUT2D eigenvalue weighted by atomic mass is 9.50. The molecule has 0 spiro atoms. The van der Waals surface area contributed by atoms with Crippen LogP contribution < -0.4 is 0 Å². The summed E-state index contributed by atoms with van der Waals surface area (Å²) in [7, 11) is 0. The standard InChI is InChI=1S/C27H38O4/c1-2-3-4-5-6-9-12-30-25(28)23-10-7-8-11-24(23)26(29)31-19-27-16-20-13-21(17-27)15-22(14-20)18-27/h7-8,10-11,20-22H,2-6,9,12-19H2,1H3. The molecule has 4 aliphatic rings. The molecule has 1 aromatic carbocycles. The normalized spacial score (nSPS) is 28.5. The molecule has 0 unspecified atom stereocenters. The number of hydrogen-bond donors (Lipinski definition) is 0. The first-order valence-electron chi connectivity index (χ1n) is 12.5. The molecule has 4 saturated carbocycles. The van der Waals surface area contributed by atoms with E-state index in [1.807, 2.05) is 0 Å². The molecule has 0 atom stereocenters. The number of carbonyl (C=O) groups is 2. The molecule has 4 heteroatoms. The van der Waals surface area contributed by atoms with E-state index in [0.717, 1.165) is 30.6 Å². The quantitative estimate of drug-likeness (QED) is 0.296. The van der Waals surface area contributed by atoms with Crippen molar-refractivity contribution in [1.29, 1.82) is 0 Å². The highest BCUT2D eigenvalue weighted by Crippen LogP contribution is 2.60. The molecule has 0 heterocycles. The fourth-order valence-corrected chi connectivity index (χ4v) is 6.73. The van der Waals surface area contributed by atoms with E-state index in [1.54, 1.807) is 24.3 Å². The topological polar surface area (TPSA) is 52.6 Å². The summed E-state index contributed by atoms with van der Waals surface area (Å²) in [5, 5.41) is 0. The Morgan fingerprint density at radius 2 is 1.32 bits per heavy atom. The van der Waals surface area contributed by atoms with Gasteiger partial charge < -0.3 is 9.47 Å². The van der Waals surface area contributed by atoms with Crippen LogP contribution in [0.3, 0.4) is 0 Å². The SMILES string of the molecule is CCCCCCCCOC(=O)c1ccccc1C(=O)OCC12CC3CC(CC(C3)C1)C2. The summed E-state index contributed by atoms with van der Waals surface area (Å²) in [5.41, 5.74) is 0.835. The fourth-order valence-electron chi connectivity index (χ4n) is 6.73. The molecule has 5 rings (SSSR count). The van der Waals surface area contributed by atoms with Crippen molar-refractivity contribution in [2.24, 2.45) is 23.2 Å². The molecule has 170 valence electrons. The molecule has 31 heavy (non-hydrogen) atoms. The van der Waals surface area contributed by atoms with Gasteiger partial charge in [-0.05, 0) is 74.8 Å². The highest BCUT2D eigenvalue weighted by atomic mass is 16.5. The molecule has 0 N–H and O–H groups in total. The van der Waals surface area contributed by atoms with Gasteiger partial charge in [0.05, 0.1) is 24.3 Å². The maximum absolute atomic E-state index is 12.9. The number of hydrogen-bond acceptors (Lipinski definition) is 4. The lowest BCUT2D eigenvalue weighted by Gasteiger charge is -2.56. The van der Waals surface area contributed by atoms with E-state index in [9.17, 15) is 9.59 Å². The average Bonchev–Trinajstić information content (AvgIpc) is 2.76. The second-order valence-electron chi connectivity index (χ2n) is 10.4. The van der Waals surface area contributed by atoms with E-state index in [0.29, 0.717) is 24.3 Å². The molecule has 0 radical (unpaired) electrons. The van der Waals surface area contributed by atoms with Crippen LogP contribution in [0.2, 0.25) is 0 Å². The second kappa shape index (κ2) is 10.2. The van der Waals surface area contributed by atoms with E-state index < -0.39 is 5.97 Å². The van der Waals surface area contributed by atoms with E-state index >= 15 is 0 Å². The number of benzene rings is 1. The summed E-state index contributed by atoms with van der Waals surface area (Å²) >= 11 is 0. The van der Waals surface area contributed by atoms with Gasteiger partial charge in [-0.15, -0.1) is 0 Å². The van der Waals surface area contributed by atoms with Crippen molar-refractivity contribution in [3.63, 3.8) is 0 Å². The van der Waals surface area contributed by atoms with Crippen molar-refractivity contribution < 1.29 is 19.1 Å². The predicted octanol–water partition coefficient (Wildman–Crippen LogP) is 6.58. The average molecular weight is 427 g/mol. The molecule has 4 nitrogen and oxygen atoms in total. The van der Waals surface area contributed by atoms with E-state index in [-0.39, 0.29) is 11.4 Å². The molecule has 4 bridgehead atoms. The van der Waals surface area contributed by atoms with Crippen molar-refractivity contribution >= 4 is 11.9 Å². The summed E-state index contributed by atoms with van der Waals surface area (Å²) in [6.45, 7) is 3.10. The zero-order valence-corrected chi connectivity index (χ0v) is 19.1. The Labute approximate surface area is 187 Å². The Morgan fingerprint density at radius 3 is 1.90 bits per heavy atom. The van der Waals surface area contributed by atoms with Crippen molar-refractivity contribution in [2.45, 2.75) is 84.0 Å². The van der Waals surface area contributed by atoms with Crippen molar-refractivity contribution in [1.82, 2.24) is 0 Å². The number of unbranched alkanes of at least 4 members (excludes halogenated alkanes) is 5. The Bertz CT molecular complexity index is 733. The minimum absolute atomic E-state index is 0.178. The van der Waals surface area contributed by atoms with E-state index in [1.165, 1.54) is 64.2 Å². The molecular formula is C27H38O4. The van der Waals surface area contributed by atoms with Crippen LogP contribution in [0, 0.1) is 23.2 Å². The number of rotatable bonds is 11. The first-order valence-corrected chi connectivity index (χ1v) is 12.5. The fraction of sp³-hybridized carbons (Fsp3) is 0.704. The zero-order valence-electron chi connectivity index (χ0n) is 19.1. The van der Waals surface area contributed by atoms with Gasteiger partial charge in [0.25, 0.3) is 0 Å². The maximum atomic E-state index is 12.9. The molecule has 0 aromatic heterocycles. The van der Waals surface area contributed by atoms with Crippen LogP contribution in [-0.4, -0.2) is 25.2 Å². The molecule has 0 aliphatic heterocycles. The summed E-state index contributed by atoms with van der Waals surface area (Å²) in [6, 6.07) is 6.91. The van der Waals surface area contributed by atoms with Crippen LogP contribution in [0.4, 0.5) is 0 Å². The Kier molecular flexibility index (Phi) is 7.35. The highest BCUT2D eigenvalue weighted by Gasteiger charge is 2.51. The first-order chi connectivity index (χ1) is 15.1. The minimum Gasteiger partial charge on any atom is -0.462 e. The Balaban J connectivity index is 1.28. The first kappa shape index (κ1) is 22.4. The maximum Gasteiger partial charge on any atom is 0.339 e. The minimum atomic E-state index is -0.420. The summed E-state index contributed by atoms with van der Waals surface area (Å²) in [5.74, 6) is 1.68. The van der Waals surface area contributed by atoms with E-state index in [4.69, 9.17) is 9.47 Å². The van der Waals surface area contributed by atoms with Gasteiger partial charge in [-0.2, -0.15) is 0 Å². The Hall–Kier alpha value is -1.84. The van der Waals surface area contributed by atoms with Crippen LogP contribution >= 0.6 is 0 Å². The van der Waals surface area contributed by atoms with Gasteiger partial charge in [0.2, 0.25) is 0 Å². The lowest BCUT2D eigenvalue weighted by Crippen LogP contribution is -2.48. The molecule has 4 fully saturated rings. The third-order valence-corrected chi connectivity index (χ3v) is 7.77. The molecular weight excluding hydrogens is 388 g/mol. The molecule has 4 aliphatic carbocycles. The third-order valence-electron chi connectivity index (χ3n) is 7.77. The van der Waals surface area contributed by atoms with Crippen molar-refractivity contribution in [3.05, 3.63) is 35.4 Å². The number of esters is 2. The molecule has 0 saturated heterocycles. The monoisotopic (exact) mass is 426 g/mol. The van der Waals surface area contributed by atoms with Gasteiger partial charge in [-0.25, -0.2) is 9.59 Å². The van der Waals surface area contributed by atoms with Crippen LogP contribution in [0.25, 0.3) is 0 Å². The molecule has 1 aromatic rings. The summed E-state index contributed by atoms with van der Waals surface area (Å²) in [6.07, 6.45) is 14.6. The van der Waals surface area contributed by atoms with Gasteiger partial charge in [-0.3, -0.25) is 0 Å². The molecule has 0 amide bonds. The van der Waals surface area contributed by atoms with Crippen LogP contribution in [0.1, 0.15) is 105 Å². The number of ether oxygens (including phenoxy) is 2. The van der Waals surface area contributed by atoms with Crippen LogP contribution in [0.5, 0.6) is 0 Å². The smallest absolute Gasteiger partial charge is 0.339 e. The van der Waals surface area contributed by atoms with Crippen LogP contribution in [-0.2, 0) is 9.47 Å². The highest BCUT2D eigenvalue weighted by molar-refractivity contribution is 6.03. The lowest BCUT2D eigenvalue weighted by molar-refractivity contribution is -0.0848. The summed E-state index contributed by atoms with van der Waals surface area (Å²) in [4.78, 5) is 25.5. The van der Waals surface area contributed by atoms with Gasteiger partial charge in [0, 0.05) is 5.41 Å². The van der Waals surface area contributed by atoms with Gasteiger partial charge >= 0.3 is 11.9 Å². The van der Waals surface area contributed by atoms with Gasteiger partial charge in [0.1, 0.15) is 0 Å².